The maximum absolute atomic E-state index is 13.2. The highest BCUT2D eigenvalue weighted by molar-refractivity contribution is 7.71. The first-order valence-electron chi connectivity index (χ1n) is 9.51. The largest absolute Gasteiger partial charge is 0.335 e. The molecule has 1 aromatic carbocycles. The maximum atomic E-state index is 13.2. The number of fused-ring (bicyclic) bond motifs is 2. The fraction of sp³-hybridized carbons (Fsp3) is 0.550. The summed E-state index contributed by atoms with van der Waals surface area (Å²) in [6, 6.07) is 5.66. The Kier molecular flexibility index (Phi) is 4.47. The van der Waals surface area contributed by atoms with E-state index in [1.807, 2.05) is 0 Å². The fourth-order valence-corrected chi connectivity index (χ4v) is 4.96. The van der Waals surface area contributed by atoms with Gasteiger partial charge in [-0.05, 0) is 61.5 Å². The first kappa shape index (κ1) is 17.5. The molecule has 2 aliphatic rings. The molecule has 5 nitrogen and oxygen atoms in total. The summed E-state index contributed by atoms with van der Waals surface area (Å²) >= 11 is 5.20. The molecular formula is C20H25N3O2S. The van der Waals surface area contributed by atoms with Crippen molar-refractivity contribution in [2.75, 3.05) is 6.54 Å². The lowest BCUT2D eigenvalue weighted by Gasteiger charge is -2.47. The summed E-state index contributed by atoms with van der Waals surface area (Å²) in [7, 11) is 1.65. The van der Waals surface area contributed by atoms with Crippen LogP contribution >= 0.6 is 12.2 Å². The molecule has 2 fully saturated rings. The van der Waals surface area contributed by atoms with Crippen molar-refractivity contribution in [3.63, 3.8) is 0 Å². The van der Waals surface area contributed by atoms with Gasteiger partial charge in [0, 0.05) is 25.2 Å². The third-order valence-corrected chi connectivity index (χ3v) is 6.72. The van der Waals surface area contributed by atoms with Crippen LogP contribution in [0.15, 0.2) is 23.0 Å². The minimum atomic E-state index is -0.137. The quantitative estimate of drug-likeness (QED) is 0.779. The maximum Gasteiger partial charge on any atom is 0.261 e. The molecule has 1 aliphatic carbocycles. The summed E-state index contributed by atoms with van der Waals surface area (Å²) in [5.41, 5.74) is 1.13. The lowest BCUT2D eigenvalue weighted by molar-refractivity contribution is 0.0218. The number of aromatic amines is 1. The van der Waals surface area contributed by atoms with Gasteiger partial charge in [0.15, 0.2) is 4.77 Å². The van der Waals surface area contributed by atoms with Gasteiger partial charge in [-0.2, -0.15) is 0 Å². The van der Waals surface area contributed by atoms with Gasteiger partial charge in [0.25, 0.3) is 11.5 Å². The molecule has 0 bridgehead atoms. The Balaban J connectivity index is 1.71. The van der Waals surface area contributed by atoms with E-state index >= 15 is 0 Å². The Morgan fingerprint density at radius 3 is 2.81 bits per heavy atom. The number of benzene rings is 1. The SMILES string of the molecule is CC1CCN(C(=O)c2ccc3c(=O)n(C)c(=S)[nH]c3c2)C2CCCCC12. The third kappa shape index (κ3) is 2.80. The molecule has 1 saturated heterocycles. The summed E-state index contributed by atoms with van der Waals surface area (Å²) in [5, 5.41) is 0.556. The first-order chi connectivity index (χ1) is 12.5. The molecule has 26 heavy (non-hydrogen) atoms. The molecule has 4 rings (SSSR count). The van der Waals surface area contributed by atoms with E-state index in [4.69, 9.17) is 12.2 Å². The van der Waals surface area contributed by atoms with Crippen molar-refractivity contribution in [3.8, 4) is 0 Å². The van der Waals surface area contributed by atoms with E-state index in [0.717, 1.165) is 19.4 Å². The van der Waals surface area contributed by atoms with Crippen molar-refractivity contribution in [1.29, 1.82) is 0 Å². The lowest BCUT2D eigenvalue weighted by Crippen LogP contribution is -2.52. The Morgan fingerprint density at radius 2 is 2.00 bits per heavy atom. The molecule has 6 heteroatoms. The number of aromatic nitrogens is 2. The number of carbonyl (C=O) groups is 1. The second kappa shape index (κ2) is 6.65. The normalized spacial score (nSPS) is 25.9. The van der Waals surface area contributed by atoms with Gasteiger partial charge in [-0.3, -0.25) is 14.2 Å². The second-order valence-electron chi connectivity index (χ2n) is 7.83. The second-order valence-corrected chi connectivity index (χ2v) is 8.22. The van der Waals surface area contributed by atoms with Gasteiger partial charge in [0.05, 0.1) is 10.9 Å². The number of amides is 1. The monoisotopic (exact) mass is 371 g/mol. The Bertz CT molecular complexity index is 977. The van der Waals surface area contributed by atoms with Crippen molar-refractivity contribution < 1.29 is 4.79 Å². The summed E-state index contributed by atoms with van der Waals surface area (Å²) < 4.78 is 1.78. The number of piperidine rings is 1. The number of hydrogen-bond acceptors (Lipinski definition) is 3. The van der Waals surface area contributed by atoms with E-state index in [0.29, 0.717) is 39.1 Å². The minimum Gasteiger partial charge on any atom is -0.335 e. The zero-order valence-corrected chi connectivity index (χ0v) is 16.1. The fourth-order valence-electron chi connectivity index (χ4n) is 4.77. The van der Waals surface area contributed by atoms with Crippen LogP contribution in [0.1, 0.15) is 49.4 Å². The van der Waals surface area contributed by atoms with Crippen LogP contribution in [0.3, 0.4) is 0 Å². The van der Waals surface area contributed by atoms with E-state index in [-0.39, 0.29) is 11.5 Å². The molecule has 1 aromatic heterocycles. The van der Waals surface area contributed by atoms with Crippen molar-refractivity contribution >= 4 is 29.0 Å². The topological polar surface area (TPSA) is 58.1 Å². The van der Waals surface area contributed by atoms with E-state index < -0.39 is 0 Å². The van der Waals surface area contributed by atoms with Crippen molar-refractivity contribution in [3.05, 3.63) is 38.9 Å². The van der Waals surface area contributed by atoms with Crippen LogP contribution in [-0.4, -0.2) is 32.9 Å². The predicted octanol–water partition coefficient (Wildman–Crippen LogP) is 3.64. The number of nitrogens with one attached hydrogen (secondary N) is 1. The number of carbonyl (C=O) groups excluding carboxylic acids is 1. The van der Waals surface area contributed by atoms with Crippen LogP contribution in [-0.2, 0) is 7.05 Å². The van der Waals surface area contributed by atoms with Gasteiger partial charge in [0.2, 0.25) is 0 Å². The molecule has 138 valence electrons. The van der Waals surface area contributed by atoms with Gasteiger partial charge >= 0.3 is 0 Å². The van der Waals surface area contributed by atoms with Gasteiger partial charge < -0.3 is 9.88 Å². The molecule has 1 N–H and O–H groups in total. The van der Waals surface area contributed by atoms with Crippen LogP contribution < -0.4 is 5.56 Å². The Hall–Kier alpha value is -1.95. The molecule has 2 aromatic rings. The van der Waals surface area contributed by atoms with E-state index in [1.54, 1.807) is 25.2 Å². The third-order valence-electron chi connectivity index (χ3n) is 6.35. The number of H-pyrrole nitrogens is 1. The van der Waals surface area contributed by atoms with E-state index in [1.165, 1.54) is 23.8 Å². The zero-order valence-electron chi connectivity index (χ0n) is 15.3. The number of hydrogen-bond donors (Lipinski definition) is 1. The lowest BCUT2D eigenvalue weighted by atomic mass is 9.72. The van der Waals surface area contributed by atoms with Crippen LogP contribution in [0.5, 0.6) is 0 Å². The minimum absolute atomic E-state index is 0.0793. The van der Waals surface area contributed by atoms with Gasteiger partial charge in [-0.25, -0.2) is 0 Å². The highest BCUT2D eigenvalue weighted by Gasteiger charge is 2.39. The summed E-state index contributed by atoms with van der Waals surface area (Å²) in [6.45, 7) is 3.16. The highest BCUT2D eigenvalue weighted by atomic mass is 32.1. The van der Waals surface area contributed by atoms with Crippen LogP contribution in [0, 0.1) is 16.6 Å². The number of nitrogens with zero attached hydrogens (tertiary/aromatic N) is 2. The van der Waals surface area contributed by atoms with Crippen LogP contribution in [0.4, 0.5) is 0 Å². The molecule has 0 spiro atoms. The standard InChI is InChI=1S/C20H25N3O2S/c1-12-9-10-23(17-6-4-3-5-14(12)17)18(24)13-7-8-15-16(11-13)21-20(26)22(2)19(15)25/h7-8,11-12,14,17H,3-6,9-10H2,1-2H3,(H,21,26). The number of likely N-dealkylation sites (tertiary alicyclic amines) is 1. The molecule has 1 aliphatic heterocycles. The molecule has 1 amide bonds. The molecule has 2 heterocycles. The predicted molar refractivity (Wildman–Crippen MR) is 105 cm³/mol. The Labute approximate surface area is 158 Å². The van der Waals surface area contributed by atoms with Gasteiger partial charge in [-0.1, -0.05) is 19.8 Å². The van der Waals surface area contributed by atoms with Crippen LogP contribution in [0.2, 0.25) is 0 Å². The Morgan fingerprint density at radius 1 is 1.23 bits per heavy atom. The van der Waals surface area contributed by atoms with Crippen LogP contribution in [0.25, 0.3) is 10.9 Å². The molecule has 3 atom stereocenters. The molecule has 3 unspecified atom stereocenters. The van der Waals surface area contributed by atoms with Crippen molar-refractivity contribution in [2.24, 2.45) is 18.9 Å². The van der Waals surface area contributed by atoms with E-state index in [2.05, 4.69) is 16.8 Å². The zero-order chi connectivity index (χ0) is 18.4. The smallest absolute Gasteiger partial charge is 0.261 e. The summed E-state index contributed by atoms with van der Waals surface area (Å²) in [4.78, 5) is 30.7. The molecular weight excluding hydrogens is 346 g/mol. The average molecular weight is 372 g/mol. The molecule has 1 saturated carbocycles. The van der Waals surface area contributed by atoms with Gasteiger partial charge in [-0.15, -0.1) is 0 Å². The highest BCUT2D eigenvalue weighted by Crippen LogP contribution is 2.39. The van der Waals surface area contributed by atoms with Crippen molar-refractivity contribution in [2.45, 2.75) is 45.1 Å². The summed E-state index contributed by atoms with van der Waals surface area (Å²) in [6.07, 6.45) is 5.90. The van der Waals surface area contributed by atoms with E-state index in [9.17, 15) is 9.59 Å². The first-order valence-corrected chi connectivity index (χ1v) is 9.92. The number of rotatable bonds is 1. The van der Waals surface area contributed by atoms with Gasteiger partial charge in [0.1, 0.15) is 0 Å². The van der Waals surface area contributed by atoms with Crippen molar-refractivity contribution in [1.82, 2.24) is 14.5 Å². The summed E-state index contributed by atoms with van der Waals surface area (Å²) in [5.74, 6) is 1.40. The molecule has 0 radical (unpaired) electrons. The average Bonchev–Trinajstić information content (AvgIpc) is 2.66.